The fourth-order valence-electron chi connectivity index (χ4n) is 4.26. The van der Waals surface area contributed by atoms with E-state index < -0.39 is 16.0 Å². The molecule has 2 atom stereocenters. The topological polar surface area (TPSA) is 125 Å². The Kier molecular flexibility index (Phi) is 6.99. The van der Waals surface area contributed by atoms with E-state index in [2.05, 4.69) is 15.4 Å². The van der Waals surface area contributed by atoms with Crippen LogP contribution in [-0.2, 0) is 27.8 Å². The van der Waals surface area contributed by atoms with Crippen molar-refractivity contribution in [1.82, 2.24) is 19.7 Å². The fourth-order valence-corrected chi connectivity index (χ4v) is 5.87. The van der Waals surface area contributed by atoms with Gasteiger partial charge in [-0.05, 0) is 61.4 Å². The van der Waals surface area contributed by atoms with Crippen LogP contribution < -0.4 is 4.74 Å². The van der Waals surface area contributed by atoms with Crippen molar-refractivity contribution in [1.29, 1.82) is 0 Å². The summed E-state index contributed by atoms with van der Waals surface area (Å²) in [4.78, 5) is 11.7. The van der Waals surface area contributed by atoms with Crippen molar-refractivity contribution in [2.45, 2.75) is 56.6 Å². The predicted octanol–water partition coefficient (Wildman–Crippen LogP) is 3.28. The van der Waals surface area contributed by atoms with E-state index in [-0.39, 0.29) is 36.4 Å². The molecule has 9 nitrogen and oxygen atoms in total. The molecule has 1 aliphatic rings. The summed E-state index contributed by atoms with van der Waals surface area (Å²) in [6, 6.07) is 12.5. The maximum Gasteiger partial charge on any atom is 0.303 e. The highest BCUT2D eigenvalue weighted by molar-refractivity contribution is 7.89. The molecule has 0 fully saturated rings. The van der Waals surface area contributed by atoms with Gasteiger partial charge in [0.2, 0.25) is 10.0 Å². The number of para-hydroxylation sites is 1. The fraction of sp³-hybridized carbons (Fsp3) is 0.375. The Bertz CT molecular complexity index is 1260. The summed E-state index contributed by atoms with van der Waals surface area (Å²) in [5, 5.41) is 19.9. The SMILES string of the molecule is Cc1ccc(C(CCc2cn[nH]n2)CC(=O)O)cc1CN1CC(C)Oc2ccccc2S1(=O)=O. The van der Waals surface area contributed by atoms with Gasteiger partial charge in [0, 0.05) is 6.54 Å². The number of rotatable bonds is 8. The van der Waals surface area contributed by atoms with Crippen LogP contribution in [0, 0.1) is 6.92 Å². The van der Waals surface area contributed by atoms with Crippen LogP contribution in [0.2, 0.25) is 0 Å². The van der Waals surface area contributed by atoms with Gasteiger partial charge in [0.25, 0.3) is 0 Å². The van der Waals surface area contributed by atoms with E-state index >= 15 is 0 Å². The number of hydrogen-bond donors (Lipinski definition) is 2. The molecular formula is C24H28N4O5S. The third kappa shape index (κ3) is 5.28. The lowest BCUT2D eigenvalue weighted by Gasteiger charge is -2.23. The van der Waals surface area contributed by atoms with Gasteiger partial charge < -0.3 is 9.84 Å². The molecule has 34 heavy (non-hydrogen) atoms. The number of aryl methyl sites for hydroxylation is 2. The van der Waals surface area contributed by atoms with Gasteiger partial charge in [-0.15, -0.1) is 0 Å². The van der Waals surface area contributed by atoms with Gasteiger partial charge in [0.1, 0.15) is 16.7 Å². The molecule has 0 bridgehead atoms. The van der Waals surface area contributed by atoms with Crippen molar-refractivity contribution in [2.24, 2.45) is 0 Å². The van der Waals surface area contributed by atoms with Crippen LogP contribution in [0.4, 0.5) is 0 Å². The standard InChI is InChI=1S/C24H28N4O5S/c1-16-7-8-18(19(12-24(29)30)9-10-21-13-25-27-26-21)11-20(16)15-28-14-17(2)33-22-5-3-4-6-23(22)34(28,31)32/h3-8,11,13,17,19H,9-10,12,14-15H2,1-2H3,(H,29,30)(H,25,26,27). The third-order valence-corrected chi connectivity index (χ3v) is 7.93. The molecule has 2 N–H and O–H groups in total. The first kappa shape index (κ1) is 23.9. The van der Waals surface area contributed by atoms with E-state index in [0.717, 1.165) is 22.4 Å². The zero-order valence-corrected chi connectivity index (χ0v) is 20.0. The average Bonchev–Trinajstić information content (AvgIpc) is 3.28. The molecule has 0 spiro atoms. The van der Waals surface area contributed by atoms with Gasteiger partial charge in [-0.1, -0.05) is 30.3 Å². The van der Waals surface area contributed by atoms with Crippen molar-refractivity contribution in [3.63, 3.8) is 0 Å². The summed E-state index contributed by atoms with van der Waals surface area (Å²) in [7, 11) is -3.76. The molecule has 0 saturated carbocycles. The number of sulfonamides is 1. The second-order valence-electron chi connectivity index (χ2n) is 8.65. The number of nitrogens with one attached hydrogen (secondary N) is 1. The number of carboxylic acid groups (broad SMARTS) is 1. The molecule has 180 valence electrons. The van der Waals surface area contributed by atoms with Crippen LogP contribution in [-0.4, -0.2) is 51.9 Å². The first-order chi connectivity index (χ1) is 16.2. The Morgan fingerprint density at radius 1 is 1.29 bits per heavy atom. The minimum absolute atomic E-state index is 0.0272. The van der Waals surface area contributed by atoms with Gasteiger partial charge in [-0.3, -0.25) is 4.79 Å². The Morgan fingerprint density at radius 2 is 2.09 bits per heavy atom. The lowest BCUT2D eigenvalue weighted by atomic mass is 9.88. The molecule has 0 saturated heterocycles. The largest absolute Gasteiger partial charge is 0.488 e. The molecule has 1 aromatic heterocycles. The summed E-state index contributed by atoms with van der Waals surface area (Å²) in [6.07, 6.45) is 2.46. The molecule has 1 aliphatic heterocycles. The highest BCUT2D eigenvalue weighted by atomic mass is 32.2. The highest BCUT2D eigenvalue weighted by Gasteiger charge is 2.33. The molecule has 0 radical (unpaired) electrons. The number of aromatic nitrogens is 3. The Hall–Kier alpha value is -3.24. The Balaban J connectivity index is 1.62. The van der Waals surface area contributed by atoms with Gasteiger partial charge in [-0.2, -0.15) is 19.7 Å². The summed E-state index contributed by atoms with van der Waals surface area (Å²) >= 11 is 0. The minimum atomic E-state index is -3.76. The van der Waals surface area contributed by atoms with Gasteiger partial charge in [-0.25, -0.2) is 8.42 Å². The highest BCUT2D eigenvalue weighted by Crippen LogP contribution is 2.33. The molecule has 0 aliphatic carbocycles. The summed E-state index contributed by atoms with van der Waals surface area (Å²) in [5.74, 6) is -0.764. The van der Waals surface area contributed by atoms with Crippen molar-refractivity contribution in [2.75, 3.05) is 6.54 Å². The first-order valence-corrected chi connectivity index (χ1v) is 12.6. The first-order valence-electron chi connectivity index (χ1n) is 11.2. The number of aromatic amines is 1. The van der Waals surface area contributed by atoms with E-state index in [1.165, 1.54) is 4.31 Å². The molecule has 4 rings (SSSR count). The van der Waals surface area contributed by atoms with Crippen LogP contribution in [0.15, 0.2) is 53.6 Å². The van der Waals surface area contributed by atoms with Crippen LogP contribution >= 0.6 is 0 Å². The van der Waals surface area contributed by atoms with E-state index in [1.807, 2.05) is 32.0 Å². The smallest absolute Gasteiger partial charge is 0.303 e. The van der Waals surface area contributed by atoms with E-state index in [9.17, 15) is 18.3 Å². The zero-order chi connectivity index (χ0) is 24.3. The zero-order valence-electron chi connectivity index (χ0n) is 19.1. The number of benzene rings is 2. The van der Waals surface area contributed by atoms with Crippen LogP contribution in [0.5, 0.6) is 5.75 Å². The predicted molar refractivity (Wildman–Crippen MR) is 125 cm³/mol. The molecular weight excluding hydrogens is 456 g/mol. The monoisotopic (exact) mass is 484 g/mol. The van der Waals surface area contributed by atoms with Crippen molar-refractivity contribution >= 4 is 16.0 Å². The minimum Gasteiger partial charge on any atom is -0.488 e. The van der Waals surface area contributed by atoms with Crippen LogP contribution in [0.1, 0.15) is 48.1 Å². The number of H-pyrrole nitrogens is 1. The summed E-state index contributed by atoms with van der Waals surface area (Å²) < 4.78 is 34.2. The van der Waals surface area contributed by atoms with Gasteiger partial charge >= 0.3 is 5.97 Å². The summed E-state index contributed by atoms with van der Waals surface area (Å²) in [5.41, 5.74) is 3.41. The number of ether oxygens (including phenoxy) is 1. The number of fused-ring (bicyclic) bond motifs is 1. The van der Waals surface area contributed by atoms with Gasteiger partial charge in [0.05, 0.1) is 24.9 Å². The normalized spacial score (nSPS) is 18.5. The molecule has 0 amide bonds. The van der Waals surface area contributed by atoms with Crippen molar-refractivity contribution in [3.8, 4) is 5.75 Å². The molecule has 2 aromatic carbocycles. The molecule has 10 heteroatoms. The van der Waals surface area contributed by atoms with Gasteiger partial charge in [0.15, 0.2) is 0 Å². The molecule has 3 aromatic rings. The molecule has 2 unspecified atom stereocenters. The van der Waals surface area contributed by atoms with Crippen molar-refractivity contribution < 1.29 is 23.1 Å². The number of carbonyl (C=O) groups is 1. The average molecular weight is 485 g/mol. The third-order valence-electron chi connectivity index (χ3n) is 6.08. The lowest BCUT2D eigenvalue weighted by Crippen LogP contribution is -2.35. The maximum absolute atomic E-state index is 13.4. The van der Waals surface area contributed by atoms with Crippen LogP contribution in [0.3, 0.4) is 0 Å². The summed E-state index contributed by atoms with van der Waals surface area (Å²) in [6.45, 7) is 4.16. The number of aliphatic carboxylic acids is 1. The lowest BCUT2D eigenvalue weighted by molar-refractivity contribution is -0.137. The van der Waals surface area contributed by atoms with Crippen LogP contribution in [0.25, 0.3) is 0 Å². The second kappa shape index (κ2) is 9.94. The maximum atomic E-state index is 13.4. The quantitative estimate of drug-likeness (QED) is 0.503. The van der Waals surface area contributed by atoms with E-state index in [0.29, 0.717) is 18.6 Å². The van der Waals surface area contributed by atoms with Crippen molar-refractivity contribution in [3.05, 3.63) is 71.0 Å². The van der Waals surface area contributed by atoms with E-state index in [1.54, 1.807) is 30.5 Å². The number of nitrogens with zero attached hydrogens (tertiary/aromatic N) is 3. The Morgan fingerprint density at radius 3 is 2.82 bits per heavy atom. The number of carboxylic acids is 1. The molecule has 2 heterocycles. The Labute approximate surface area is 198 Å². The second-order valence-corrected chi connectivity index (χ2v) is 10.6. The van der Waals surface area contributed by atoms with E-state index in [4.69, 9.17) is 4.74 Å². The number of hydrogen-bond acceptors (Lipinski definition) is 6.